The van der Waals surface area contributed by atoms with Crippen LogP contribution in [0.3, 0.4) is 0 Å². The highest BCUT2D eigenvalue weighted by atomic mass is 35.5. The fourth-order valence-corrected chi connectivity index (χ4v) is 5.30. The van der Waals surface area contributed by atoms with Crippen LogP contribution in [0.2, 0.25) is 5.02 Å². The summed E-state index contributed by atoms with van der Waals surface area (Å²) in [6.45, 7) is 1.64. The number of thiazole rings is 1. The number of methoxy groups -OCH3 is 1. The molecule has 0 amide bonds. The fourth-order valence-electron chi connectivity index (χ4n) is 4.06. The Morgan fingerprint density at radius 3 is 2.55 bits per heavy atom. The van der Waals surface area contributed by atoms with Crippen molar-refractivity contribution in [3.8, 4) is 5.75 Å². The van der Waals surface area contributed by atoms with Gasteiger partial charge >= 0.3 is 11.9 Å². The molecule has 4 aromatic rings. The third-order valence-corrected chi connectivity index (χ3v) is 7.14. The van der Waals surface area contributed by atoms with E-state index in [0.717, 1.165) is 11.3 Å². The molecule has 5 rings (SSSR count). The molecule has 3 heterocycles. The van der Waals surface area contributed by atoms with Gasteiger partial charge in [-0.2, -0.15) is 0 Å². The first-order valence-electron chi connectivity index (χ1n) is 11.2. The summed E-state index contributed by atoms with van der Waals surface area (Å²) in [5, 5.41) is 0.151. The highest BCUT2D eigenvalue weighted by Gasteiger charge is 2.33. The molecule has 2 aromatic heterocycles. The quantitative estimate of drug-likeness (QED) is 0.274. The topological polar surface area (TPSA) is 100 Å². The number of aromatic nitrogens is 1. The molecule has 11 heteroatoms. The summed E-state index contributed by atoms with van der Waals surface area (Å²) >= 11 is 7.21. The molecule has 2 aromatic carbocycles. The number of hydrogen-bond acceptors (Lipinski definition) is 8. The minimum atomic E-state index is -0.897. The Hall–Kier alpha value is -4.28. The minimum Gasteiger partial charge on any atom is -0.466 e. The fraction of sp³-hybridized carbons (Fsp3) is 0.111. The minimum absolute atomic E-state index is 0.0442. The molecule has 0 fully saturated rings. The van der Waals surface area contributed by atoms with E-state index in [1.54, 1.807) is 25.1 Å². The molecule has 1 atom stereocenters. The zero-order valence-electron chi connectivity index (χ0n) is 19.9. The lowest BCUT2D eigenvalue weighted by Crippen LogP contribution is -2.39. The average molecular weight is 553 g/mol. The summed E-state index contributed by atoms with van der Waals surface area (Å²) in [6.07, 6.45) is 2.73. The second-order valence-corrected chi connectivity index (χ2v) is 9.56. The lowest BCUT2D eigenvalue weighted by molar-refractivity contribution is -0.136. The number of furan rings is 1. The zero-order chi connectivity index (χ0) is 27.0. The summed E-state index contributed by atoms with van der Waals surface area (Å²) in [7, 11) is 1.24. The molecule has 0 N–H and O–H groups in total. The van der Waals surface area contributed by atoms with Gasteiger partial charge < -0.3 is 13.9 Å². The molecule has 1 aliphatic heterocycles. The Labute approximate surface area is 223 Å². The average Bonchev–Trinajstić information content (AvgIpc) is 3.54. The summed E-state index contributed by atoms with van der Waals surface area (Å²) in [5.41, 5.74) is 0.652. The molecular weight excluding hydrogens is 535 g/mol. The highest BCUT2D eigenvalue weighted by molar-refractivity contribution is 7.07. The van der Waals surface area contributed by atoms with E-state index in [9.17, 15) is 18.8 Å². The van der Waals surface area contributed by atoms with E-state index in [1.807, 2.05) is 0 Å². The second kappa shape index (κ2) is 10.2. The van der Waals surface area contributed by atoms with Crippen LogP contribution in [0.25, 0.3) is 6.08 Å². The number of carbonyl (C=O) groups is 2. The van der Waals surface area contributed by atoms with E-state index >= 15 is 0 Å². The van der Waals surface area contributed by atoms with Gasteiger partial charge in [0.05, 0.1) is 40.2 Å². The summed E-state index contributed by atoms with van der Waals surface area (Å²) in [4.78, 5) is 43.4. The zero-order valence-corrected chi connectivity index (χ0v) is 21.5. The number of halogens is 2. The SMILES string of the molecule is COC(=O)C1=C(C)N=c2s/c(=C\c3c(F)cccc3Cl)c(=O)n2[C@@H]1c1ccc(OC(=O)c2ccco2)cc1. The highest BCUT2D eigenvalue weighted by Crippen LogP contribution is 2.31. The van der Waals surface area contributed by atoms with E-state index < -0.39 is 29.4 Å². The number of rotatable bonds is 5. The molecule has 8 nitrogen and oxygen atoms in total. The third-order valence-electron chi connectivity index (χ3n) is 5.83. The van der Waals surface area contributed by atoms with Gasteiger partial charge in [0.25, 0.3) is 5.56 Å². The number of nitrogens with zero attached hydrogens (tertiary/aromatic N) is 2. The van der Waals surface area contributed by atoms with Crippen LogP contribution in [-0.2, 0) is 9.53 Å². The van der Waals surface area contributed by atoms with Crippen molar-refractivity contribution < 1.29 is 27.9 Å². The standard InChI is InChI=1S/C27H18ClFN2O6S/c1-14-22(26(34)35-2)23(15-8-10-16(11-9-15)37-25(33)20-7-4-12-36-20)31-24(32)21(38-27(31)30-14)13-17-18(28)5-3-6-19(17)29/h3-13,23H,1-2H3/b21-13-/t23-/m1/s1. The van der Waals surface area contributed by atoms with Crippen LogP contribution >= 0.6 is 22.9 Å². The summed E-state index contributed by atoms with van der Waals surface area (Å²) in [6, 6.07) is 12.7. The molecule has 0 saturated heterocycles. The molecule has 38 heavy (non-hydrogen) atoms. The van der Waals surface area contributed by atoms with Gasteiger partial charge in [-0.25, -0.2) is 19.0 Å². The first-order valence-corrected chi connectivity index (χ1v) is 12.4. The van der Waals surface area contributed by atoms with Crippen LogP contribution in [0.15, 0.2) is 86.3 Å². The van der Waals surface area contributed by atoms with Gasteiger partial charge in [0.2, 0.25) is 5.76 Å². The smallest absolute Gasteiger partial charge is 0.379 e. The van der Waals surface area contributed by atoms with Crippen molar-refractivity contribution in [2.75, 3.05) is 7.11 Å². The number of esters is 2. The van der Waals surface area contributed by atoms with E-state index in [1.165, 1.54) is 60.4 Å². The molecule has 0 saturated carbocycles. The molecule has 0 spiro atoms. The number of fused-ring (bicyclic) bond motifs is 1. The summed E-state index contributed by atoms with van der Waals surface area (Å²) in [5.74, 6) is -1.63. The van der Waals surface area contributed by atoms with E-state index in [-0.39, 0.29) is 32.2 Å². The maximum absolute atomic E-state index is 14.4. The van der Waals surface area contributed by atoms with E-state index in [2.05, 4.69) is 4.99 Å². The largest absolute Gasteiger partial charge is 0.466 e. The number of carbonyl (C=O) groups excluding carboxylic acids is 2. The molecule has 0 bridgehead atoms. The van der Waals surface area contributed by atoms with Crippen LogP contribution < -0.4 is 19.6 Å². The number of hydrogen-bond donors (Lipinski definition) is 0. The van der Waals surface area contributed by atoms with Crippen molar-refractivity contribution in [1.29, 1.82) is 0 Å². The predicted octanol–water partition coefficient (Wildman–Crippen LogP) is 4.01. The van der Waals surface area contributed by atoms with Crippen LogP contribution in [0, 0.1) is 5.82 Å². The van der Waals surface area contributed by atoms with Gasteiger partial charge in [-0.05, 0) is 55.0 Å². The lowest BCUT2D eigenvalue weighted by atomic mass is 9.96. The van der Waals surface area contributed by atoms with Crippen molar-refractivity contribution in [3.05, 3.63) is 120 Å². The first kappa shape index (κ1) is 25.4. The van der Waals surface area contributed by atoms with Gasteiger partial charge in [0.15, 0.2) is 4.80 Å². The molecule has 0 radical (unpaired) electrons. The van der Waals surface area contributed by atoms with Crippen molar-refractivity contribution in [1.82, 2.24) is 4.57 Å². The number of allylic oxidation sites excluding steroid dienone is 1. The molecular formula is C27H18ClFN2O6S. The monoisotopic (exact) mass is 552 g/mol. The normalized spacial score (nSPS) is 15.2. The van der Waals surface area contributed by atoms with Crippen molar-refractivity contribution in [3.63, 3.8) is 0 Å². The maximum Gasteiger partial charge on any atom is 0.379 e. The Balaban J connectivity index is 1.61. The van der Waals surface area contributed by atoms with Crippen molar-refractivity contribution in [2.24, 2.45) is 4.99 Å². The first-order chi connectivity index (χ1) is 18.3. The molecule has 1 aliphatic rings. The van der Waals surface area contributed by atoms with Gasteiger partial charge in [-0.15, -0.1) is 0 Å². The second-order valence-electron chi connectivity index (χ2n) is 8.14. The van der Waals surface area contributed by atoms with Crippen molar-refractivity contribution >= 4 is 41.0 Å². The van der Waals surface area contributed by atoms with Gasteiger partial charge in [0.1, 0.15) is 11.6 Å². The van der Waals surface area contributed by atoms with E-state index in [0.29, 0.717) is 16.1 Å². The van der Waals surface area contributed by atoms with E-state index in [4.69, 9.17) is 25.5 Å². The van der Waals surface area contributed by atoms with Gasteiger partial charge in [-0.3, -0.25) is 9.36 Å². The Morgan fingerprint density at radius 2 is 1.89 bits per heavy atom. The predicted molar refractivity (Wildman–Crippen MR) is 137 cm³/mol. The Bertz CT molecular complexity index is 1750. The molecule has 0 unspecified atom stereocenters. The Kier molecular flexibility index (Phi) is 6.83. The van der Waals surface area contributed by atoms with Gasteiger partial charge in [0, 0.05) is 5.56 Å². The maximum atomic E-state index is 14.4. The van der Waals surface area contributed by atoms with Gasteiger partial charge in [-0.1, -0.05) is 41.1 Å². The van der Waals surface area contributed by atoms with Crippen LogP contribution in [0.5, 0.6) is 5.75 Å². The third kappa shape index (κ3) is 4.59. The lowest BCUT2D eigenvalue weighted by Gasteiger charge is -2.24. The molecule has 192 valence electrons. The van der Waals surface area contributed by atoms with Crippen molar-refractivity contribution in [2.45, 2.75) is 13.0 Å². The molecule has 0 aliphatic carbocycles. The Morgan fingerprint density at radius 1 is 1.13 bits per heavy atom. The van der Waals surface area contributed by atoms with Crippen LogP contribution in [0.1, 0.15) is 34.6 Å². The van der Waals surface area contributed by atoms with Crippen LogP contribution in [-0.4, -0.2) is 23.6 Å². The summed E-state index contributed by atoms with van der Waals surface area (Å²) < 4.78 is 31.3. The number of ether oxygens (including phenoxy) is 2. The van der Waals surface area contributed by atoms with Crippen LogP contribution in [0.4, 0.5) is 4.39 Å². The number of benzene rings is 2.